The van der Waals surface area contributed by atoms with E-state index in [-0.39, 0.29) is 6.42 Å². The molecule has 5 nitrogen and oxygen atoms in total. The first-order valence-corrected chi connectivity index (χ1v) is 6.26. The number of carboxylic acid groups (broad SMARTS) is 1. The van der Waals surface area contributed by atoms with E-state index in [1.807, 2.05) is 26.0 Å². The minimum atomic E-state index is -0.815. The van der Waals surface area contributed by atoms with E-state index in [2.05, 4.69) is 10.1 Å². The number of aliphatic carboxylic acids is 1. The molecule has 0 atom stereocenters. The Kier molecular flexibility index (Phi) is 3.85. The first kappa shape index (κ1) is 13.5. The summed E-state index contributed by atoms with van der Waals surface area (Å²) in [5.41, 5.74) is 1.64. The molecule has 1 aromatic carbocycles. The summed E-state index contributed by atoms with van der Waals surface area (Å²) in [6.45, 7) is 3.66. The van der Waals surface area contributed by atoms with Crippen molar-refractivity contribution >= 4 is 17.6 Å². The third kappa shape index (κ3) is 3.12. The van der Waals surface area contributed by atoms with Gasteiger partial charge in [0.2, 0.25) is 0 Å². The van der Waals surface area contributed by atoms with Gasteiger partial charge in [0.1, 0.15) is 11.6 Å². The number of nitrogens with zero attached hydrogens (tertiary/aromatic N) is 3. The molecule has 0 aliphatic heterocycles. The standard InChI is InChI=1S/C13H14ClN3O2/c1-8-15-9(2)17(16-8)12-7-10(3-5-11(12)14)4-6-13(18)19/h3,5,7H,4,6H2,1-2H3,(H,18,19). The van der Waals surface area contributed by atoms with Crippen LogP contribution in [0.2, 0.25) is 5.02 Å². The lowest BCUT2D eigenvalue weighted by Crippen LogP contribution is -2.03. The maximum Gasteiger partial charge on any atom is 0.303 e. The predicted molar refractivity (Wildman–Crippen MR) is 71.8 cm³/mol. The second-order valence-corrected chi connectivity index (χ2v) is 4.70. The van der Waals surface area contributed by atoms with E-state index in [0.717, 1.165) is 17.1 Å². The minimum Gasteiger partial charge on any atom is -0.481 e. The van der Waals surface area contributed by atoms with Crippen LogP contribution in [-0.4, -0.2) is 25.8 Å². The largest absolute Gasteiger partial charge is 0.481 e. The Balaban J connectivity index is 2.37. The molecule has 0 bridgehead atoms. The van der Waals surface area contributed by atoms with Crippen LogP contribution >= 0.6 is 11.6 Å². The molecule has 2 aromatic rings. The molecule has 1 N–H and O–H groups in total. The lowest BCUT2D eigenvalue weighted by molar-refractivity contribution is -0.136. The average Bonchev–Trinajstić information content (AvgIpc) is 2.67. The highest BCUT2D eigenvalue weighted by Crippen LogP contribution is 2.23. The molecule has 19 heavy (non-hydrogen) atoms. The first-order chi connectivity index (χ1) is 8.97. The van der Waals surface area contributed by atoms with Crippen LogP contribution in [0.15, 0.2) is 18.2 Å². The number of aryl methyl sites for hydroxylation is 3. The van der Waals surface area contributed by atoms with Gasteiger partial charge < -0.3 is 5.11 Å². The summed E-state index contributed by atoms with van der Waals surface area (Å²) in [5.74, 6) is 0.601. The molecule has 0 aliphatic rings. The summed E-state index contributed by atoms with van der Waals surface area (Å²) in [7, 11) is 0. The average molecular weight is 280 g/mol. The van der Waals surface area contributed by atoms with Gasteiger partial charge in [-0.1, -0.05) is 17.7 Å². The van der Waals surface area contributed by atoms with E-state index in [1.165, 1.54) is 0 Å². The topological polar surface area (TPSA) is 68.0 Å². The molecule has 0 spiro atoms. The van der Waals surface area contributed by atoms with Gasteiger partial charge in [0.05, 0.1) is 10.7 Å². The zero-order chi connectivity index (χ0) is 14.0. The lowest BCUT2D eigenvalue weighted by Gasteiger charge is -2.08. The van der Waals surface area contributed by atoms with E-state index in [0.29, 0.717) is 17.3 Å². The van der Waals surface area contributed by atoms with Gasteiger partial charge >= 0.3 is 5.97 Å². The van der Waals surface area contributed by atoms with Crippen molar-refractivity contribution in [1.29, 1.82) is 0 Å². The first-order valence-electron chi connectivity index (χ1n) is 5.88. The maximum absolute atomic E-state index is 10.6. The highest BCUT2D eigenvalue weighted by molar-refractivity contribution is 6.32. The van der Waals surface area contributed by atoms with Crippen LogP contribution in [0, 0.1) is 13.8 Å². The lowest BCUT2D eigenvalue weighted by atomic mass is 10.1. The van der Waals surface area contributed by atoms with Crippen molar-refractivity contribution in [2.75, 3.05) is 0 Å². The molecule has 100 valence electrons. The van der Waals surface area contributed by atoms with Gasteiger partial charge in [-0.25, -0.2) is 9.67 Å². The van der Waals surface area contributed by atoms with Gasteiger partial charge in [-0.05, 0) is 38.0 Å². The second-order valence-electron chi connectivity index (χ2n) is 4.30. The predicted octanol–water partition coefficient (Wildman–Crippen LogP) is 2.55. The van der Waals surface area contributed by atoms with Gasteiger partial charge in [-0.2, -0.15) is 5.10 Å². The van der Waals surface area contributed by atoms with Crippen molar-refractivity contribution in [3.63, 3.8) is 0 Å². The van der Waals surface area contributed by atoms with Crippen LogP contribution in [0.5, 0.6) is 0 Å². The van der Waals surface area contributed by atoms with Crippen molar-refractivity contribution in [2.45, 2.75) is 26.7 Å². The Labute approximate surface area is 115 Å². The third-order valence-electron chi connectivity index (χ3n) is 2.74. The Bertz CT molecular complexity index is 622. The highest BCUT2D eigenvalue weighted by Gasteiger charge is 2.10. The maximum atomic E-state index is 10.6. The molecule has 1 heterocycles. The zero-order valence-corrected chi connectivity index (χ0v) is 11.5. The van der Waals surface area contributed by atoms with Gasteiger partial charge in [-0.3, -0.25) is 4.79 Å². The third-order valence-corrected chi connectivity index (χ3v) is 3.06. The van der Waals surface area contributed by atoms with Crippen molar-refractivity contribution in [2.24, 2.45) is 0 Å². The fourth-order valence-electron chi connectivity index (χ4n) is 1.88. The van der Waals surface area contributed by atoms with Crippen molar-refractivity contribution in [1.82, 2.24) is 14.8 Å². The molecule has 0 saturated carbocycles. The van der Waals surface area contributed by atoms with Gasteiger partial charge in [0.25, 0.3) is 0 Å². The van der Waals surface area contributed by atoms with E-state index in [9.17, 15) is 4.79 Å². The SMILES string of the molecule is Cc1nc(C)n(-c2cc(CCC(=O)O)ccc2Cl)n1. The zero-order valence-electron chi connectivity index (χ0n) is 10.7. The van der Waals surface area contributed by atoms with Crippen LogP contribution < -0.4 is 0 Å². The van der Waals surface area contributed by atoms with E-state index in [4.69, 9.17) is 16.7 Å². The molecule has 2 rings (SSSR count). The summed E-state index contributed by atoms with van der Waals surface area (Å²) in [4.78, 5) is 14.8. The van der Waals surface area contributed by atoms with Crippen LogP contribution in [0.1, 0.15) is 23.6 Å². The fraction of sp³-hybridized carbons (Fsp3) is 0.308. The normalized spacial score (nSPS) is 10.7. The summed E-state index contributed by atoms with van der Waals surface area (Å²) in [5, 5.41) is 13.6. The van der Waals surface area contributed by atoms with Crippen LogP contribution in [-0.2, 0) is 11.2 Å². The summed E-state index contributed by atoms with van der Waals surface area (Å²) in [6.07, 6.45) is 0.558. The number of carbonyl (C=O) groups is 1. The highest BCUT2D eigenvalue weighted by atomic mass is 35.5. The van der Waals surface area contributed by atoms with Gasteiger partial charge in [-0.15, -0.1) is 0 Å². The Morgan fingerprint density at radius 3 is 2.74 bits per heavy atom. The fourth-order valence-corrected chi connectivity index (χ4v) is 2.07. The number of halogens is 1. The molecule has 0 fully saturated rings. The Hall–Kier alpha value is -1.88. The molecule has 0 aliphatic carbocycles. The van der Waals surface area contributed by atoms with E-state index in [1.54, 1.807) is 10.7 Å². The molecule has 0 amide bonds. The van der Waals surface area contributed by atoms with Crippen LogP contribution in [0.25, 0.3) is 5.69 Å². The van der Waals surface area contributed by atoms with Crippen molar-refractivity contribution in [3.8, 4) is 5.69 Å². The number of hydrogen-bond donors (Lipinski definition) is 1. The molecular formula is C13H14ClN3O2. The number of aromatic nitrogens is 3. The summed E-state index contributed by atoms with van der Waals surface area (Å²) < 4.78 is 1.67. The van der Waals surface area contributed by atoms with E-state index < -0.39 is 5.97 Å². The van der Waals surface area contributed by atoms with Gasteiger partial charge in [0.15, 0.2) is 0 Å². The second kappa shape index (κ2) is 5.40. The molecular weight excluding hydrogens is 266 g/mol. The number of rotatable bonds is 4. The molecule has 0 saturated heterocycles. The van der Waals surface area contributed by atoms with Gasteiger partial charge in [0, 0.05) is 6.42 Å². The molecule has 1 aromatic heterocycles. The quantitative estimate of drug-likeness (QED) is 0.934. The molecule has 6 heteroatoms. The number of hydrogen-bond acceptors (Lipinski definition) is 3. The Morgan fingerprint density at radius 2 is 2.16 bits per heavy atom. The molecule has 0 radical (unpaired) electrons. The monoisotopic (exact) mass is 279 g/mol. The summed E-state index contributed by atoms with van der Waals surface area (Å²) in [6, 6.07) is 5.44. The van der Waals surface area contributed by atoms with Crippen molar-refractivity contribution < 1.29 is 9.90 Å². The van der Waals surface area contributed by atoms with Crippen LogP contribution in [0.4, 0.5) is 0 Å². The minimum absolute atomic E-state index is 0.0937. The van der Waals surface area contributed by atoms with Crippen LogP contribution in [0.3, 0.4) is 0 Å². The number of benzene rings is 1. The number of carboxylic acids is 1. The van der Waals surface area contributed by atoms with Crippen molar-refractivity contribution in [3.05, 3.63) is 40.4 Å². The molecule has 0 unspecified atom stereocenters. The summed E-state index contributed by atoms with van der Waals surface area (Å²) >= 11 is 6.17. The smallest absolute Gasteiger partial charge is 0.303 e. The van der Waals surface area contributed by atoms with E-state index >= 15 is 0 Å². The Morgan fingerprint density at radius 1 is 1.42 bits per heavy atom.